The zero-order chi connectivity index (χ0) is 16.3. The number of benzene rings is 1. The Morgan fingerprint density at radius 3 is 2.82 bits per heavy atom. The number of nitrogens with two attached hydrogens (primary N) is 1. The van der Waals surface area contributed by atoms with E-state index in [1.807, 2.05) is 43.9 Å². The largest absolute Gasteiger partial charge is 0.480 e. The molecule has 1 aromatic rings. The Labute approximate surface area is 141 Å². The molecule has 1 amide bonds. The van der Waals surface area contributed by atoms with Crippen molar-refractivity contribution in [3.05, 3.63) is 28.2 Å². The van der Waals surface area contributed by atoms with E-state index in [1.165, 1.54) is 0 Å². The summed E-state index contributed by atoms with van der Waals surface area (Å²) in [7, 11) is 0. The molecule has 1 saturated heterocycles. The molecule has 3 atom stereocenters. The number of aryl methyl sites for hydroxylation is 1. The third-order valence-electron chi connectivity index (χ3n) is 4.25. The molecule has 2 N–H and O–H groups in total. The van der Waals surface area contributed by atoms with Gasteiger partial charge in [0.25, 0.3) is 5.91 Å². The SMILES string of the molecule is Cc1ccc(O[C@H](C)C(=O)N2CCC[C@H]([C@@H](C)N)C2)c(Br)c1. The van der Waals surface area contributed by atoms with Crippen molar-refractivity contribution in [2.24, 2.45) is 11.7 Å². The predicted molar refractivity (Wildman–Crippen MR) is 91.9 cm³/mol. The summed E-state index contributed by atoms with van der Waals surface area (Å²) < 4.78 is 6.72. The summed E-state index contributed by atoms with van der Waals surface area (Å²) in [6, 6.07) is 5.98. The van der Waals surface area contributed by atoms with Crippen molar-refractivity contribution >= 4 is 21.8 Å². The Balaban J connectivity index is 1.99. The van der Waals surface area contributed by atoms with Gasteiger partial charge in [-0.15, -0.1) is 0 Å². The highest BCUT2D eigenvalue weighted by atomic mass is 79.9. The Bertz CT molecular complexity index is 533. The van der Waals surface area contributed by atoms with Crippen molar-refractivity contribution in [2.75, 3.05) is 13.1 Å². The second-order valence-electron chi connectivity index (χ2n) is 6.24. The van der Waals surface area contributed by atoms with E-state index in [-0.39, 0.29) is 11.9 Å². The first-order valence-corrected chi connectivity index (χ1v) is 8.65. The summed E-state index contributed by atoms with van der Waals surface area (Å²) in [6.07, 6.45) is 1.62. The molecule has 0 spiro atoms. The summed E-state index contributed by atoms with van der Waals surface area (Å²) in [5.41, 5.74) is 7.14. The minimum Gasteiger partial charge on any atom is -0.480 e. The number of hydrogen-bond acceptors (Lipinski definition) is 3. The number of piperidine rings is 1. The lowest BCUT2D eigenvalue weighted by molar-refractivity contribution is -0.139. The summed E-state index contributed by atoms with van der Waals surface area (Å²) in [6.45, 7) is 7.38. The Kier molecular flexibility index (Phi) is 5.87. The molecule has 0 aromatic heterocycles. The highest BCUT2D eigenvalue weighted by Crippen LogP contribution is 2.27. The number of nitrogens with zero attached hydrogens (tertiary/aromatic N) is 1. The maximum Gasteiger partial charge on any atom is 0.263 e. The predicted octanol–water partition coefficient (Wildman–Crippen LogP) is 3.11. The van der Waals surface area contributed by atoms with Crippen molar-refractivity contribution in [3.8, 4) is 5.75 Å². The number of likely N-dealkylation sites (tertiary alicyclic amines) is 1. The maximum absolute atomic E-state index is 12.6. The van der Waals surface area contributed by atoms with Gasteiger partial charge in [-0.1, -0.05) is 6.07 Å². The van der Waals surface area contributed by atoms with Crippen LogP contribution in [0.3, 0.4) is 0 Å². The van der Waals surface area contributed by atoms with Crippen LogP contribution in [0.2, 0.25) is 0 Å². The first-order valence-electron chi connectivity index (χ1n) is 7.85. The Morgan fingerprint density at radius 2 is 2.18 bits per heavy atom. The van der Waals surface area contributed by atoms with Gasteiger partial charge in [0.05, 0.1) is 4.47 Å². The maximum atomic E-state index is 12.6. The molecule has 1 fully saturated rings. The lowest BCUT2D eigenvalue weighted by Crippen LogP contribution is -2.48. The molecule has 1 aliphatic heterocycles. The van der Waals surface area contributed by atoms with Gasteiger partial charge in [-0.25, -0.2) is 0 Å². The van der Waals surface area contributed by atoms with Crippen molar-refractivity contribution in [2.45, 2.75) is 45.8 Å². The molecule has 0 unspecified atom stereocenters. The van der Waals surface area contributed by atoms with Gasteiger partial charge in [-0.05, 0) is 73.2 Å². The van der Waals surface area contributed by atoms with Gasteiger partial charge < -0.3 is 15.4 Å². The molecule has 22 heavy (non-hydrogen) atoms. The number of amides is 1. The average Bonchev–Trinajstić information content (AvgIpc) is 2.49. The average molecular weight is 369 g/mol. The molecule has 2 rings (SSSR count). The summed E-state index contributed by atoms with van der Waals surface area (Å²) >= 11 is 3.48. The van der Waals surface area contributed by atoms with Gasteiger partial charge in [0, 0.05) is 19.1 Å². The van der Waals surface area contributed by atoms with E-state index in [0.717, 1.165) is 36.0 Å². The van der Waals surface area contributed by atoms with Crippen molar-refractivity contribution < 1.29 is 9.53 Å². The van der Waals surface area contributed by atoms with E-state index in [2.05, 4.69) is 15.9 Å². The van der Waals surface area contributed by atoms with Crippen LogP contribution in [-0.2, 0) is 4.79 Å². The third kappa shape index (κ3) is 4.23. The number of hydrogen-bond donors (Lipinski definition) is 1. The van der Waals surface area contributed by atoms with Crippen LogP contribution >= 0.6 is 15.9 Å². The van der Waals surface area contributed by atoms with Crippen LogP contribution in [0.15, 0.2) is 22.7 Å². The summed E-state index contributed by atoms with van der Waals surface area (Å²) in [5, 5.41) is 0. The van der Waals surface area contributed by atoms with Crippen molar-refractivity contribution in [3.63, 3.8) is 0 Å². The smallest absolute Gasteiger partial charge is 0.263 e. The number of ether oxygens (including phenoxy) is 1. The van der Waals surface area contributed by atoms with Gasteiger partial charge in [-0.2, -0.15) is 0 Å². The first-order chi connectivity index (χ1) is 10.4. The van der Waals surface area contributed by atoms with Crippen LogP contribution in [0.1, 0.15) is 32.3 Å². The van der Waals surface area contributed by atoms with Crippen LogP contribution in [0.5, 0.6) is 5.75 Å². The van der Waals surface area contributed by atoms with Gasteiger partial charge >= 0.3 is 0 Å². The molecular formula is C17H25BrN2O2. The Morgan fingerprint density at radius 1 is 1.45 bits per heavy atom. The standard InChI is InChI=1S/C17H25BrN2O2/c1-11-6-7-16(15(18)9-11)22-13(3)17(21)20-8-4-5-14(10-20)12(2)19/h6-7,9,12-14H,4-5,8,10,19H2,1-3H3/t12-,13-,14+/m1/s1. The molecule has 0 bridgehead atoms. The zero-order valence-electron chi connectivity index (χ0n) is 13.5. The Hall–Kier alpha value is -1.07. The number of halogens is 1. The fourth-order valence-electron chi connectivity index (χ4n) is 2.84. The van der Waals surface area contributed by atoms with Crippen molar-refractivity contribution in [1.29, 1.82) is 0 Å². The first kappa shape index (κ1) is 17.3. The summed E-state index contributed by atoms with van der Waals surface area (Å²) in [5.74, 6) is 1.13. The number of carbonyl (C=O) groups is 1. The van der Waals surface area contributed by atoms with Crippen LogP contribution in [0.4, 0.5) is 0 Å². The normalized spacial score (nSPS) is 21.3. The van der Waals surface area contributed by atoms with Crippen molar-refractivity contribution in [1.82, 2.24) is 4.90 Å². The fourth-order valence-corrected chi connectivity index (χ4v) is 3.43. The van der Waals surface area contributed by atoms with Gasteiger partial charge in [-0.3, -0.25) is 4.79 Å². The minimum absolute atomic E-state index is 0.0397. The summed E-state index contributed by atoms with van der Waals surface area (Å²) in [4.78, 5) is 14.5. The van der Waals surface area contributed by atoms with E-state index in [9.17, 15) is 4.79 Å². The lowest BCUT2D eigenvalue weighted by Gasteiger charge is -2.35. The zero-order valence-corrected chi connectivity index (χ0v) is 15.1. The van der Waals surface area contributed by atoms with E-state index in [1.54, 1.807) is 0 Å². The highest BCUT2D eigenvalue weighted by Gasteiger charge is 2.29. The molecule has 1 aliphatic rings. The van der Waals surface area contributed by atoms with Gasteiger partial charge in [0.1, 0.15) is 5.75 Å². The molecule has 1 aromatic carbocycles. The van der Waals surface area contributed by atoms with Crippen LogP contribution < -0.4 is 10.5 Å². The fraction of sp³-hybridized carbons (Fsp3) is 0.588. The van der Waals surface area contributed by atoms with Crippen LogP contribution in [-0.4, -0.2) is 36.0 Å². The molecule has 5 heteroatoms. The van der Waals surface area contributed by atoms with Crippen LogP contribution in [0.25, 0.3) is 0 Å². The quantitative estimate of drug-likeness (QED) is 0.887. The third-order valence-corrected chi connectivity index (χ3v) is 4.87. The van der Waals surface area contributed by atoms with Gasteiger partial charge in [0.15, 0.2) is 6.10 Å². The van der Waals surface area contributed by atoms with E-state index < -0.39 is 6.10 Å². The molecule has 4 nitrogen and oxygen atoms in total. The molecule has 0 radical (unpaired) electrons. The second kappa shape index (κ2) is 7.47. The van der Waals surface area contributed by atoms with E-state index in [0.29, 0.717) is 11.7 Å². The minimum atomic E-state index is -0.495. The highest BCUT2D eigenvalue weighted by molar-refractivity contribution is 9.10. The monoisotopic (exact) mass is 368 g/mol. The molecular weight excluding hydrogens is 344 g/mol. The molecule has 0 aliphatic carbocycles. The second-order valence-corrected chi connectivity index (χ2v) is 7.09. The van der Waals surface area contributed by atoms with Crippen LogP contribution in [0, 0.1) is 12.8 Å². The van der Waals surface area contributed by atoms with E-state index in [4.69, 9.17) is 10.5 Å². The number of rotatable bonds is 4. The van der Waals surface area contributed by atoms with E-state index >= 15 is 0 Å². The topological polar surface area (TPSA) is 55.6 Å². The molecule has 0 saturated carbocycles. The number of carbonyl (C=O) groups excluding carboxylic acids is 1. The molecule has 1 heterocycles. The molecule has 122 valence electrons. The van der Waals surface area contributed by atoms with Gasteiger partial charge in [0.2, 0.25) is 0 Å². The lowest BCUT2D eigenvalue weighted by atomic mass is 9.92.